The van der Waals surface area contributed by atoms with E-state index in [1.54, 1.807) is 0 Å². The molecule has 4 rings (SSSR count). The zero-order valence-electron chi connectivity index (χ0n) is 14.8. The molecule has 2 N–H and O–H groups in total. The van der Waals surface area contributed by atoms with Crippen molar-refractivity contribution in [2.75, 3.05) is 11.9 Å². The lowest BCUT2D eigenvalue weighted by atomic mass is 10.0. The monoisotopic (exact) mass is 346 g/mol. The number of nitrogens with zero attached hydrogens (tertiary/aromatic N) is 3. The average molecular weight is 346 g/mol. The van der Waals surface area contributed by atoms with Gasteiger partial charge in [-0.1, -0.05) is 60.2 Å². The summed E-state index contributed by atoms with van der Waals surface area (Å²) >= 11 is 0. The number of benzene rings is 2. The van der Waals surface area contributed by atoms with Crippen molar-refractivity contribution in [1.82, 2.24) is 14.8 Å². The van der Waals surface area contributed by atoms with Crippen LogP contribution in [0.3, 0.4) is 0 Å². The zero-order chi connectivity index (χ0) is 17.9. The standard InChI is InChI=1S/C21H22N4O/c1-15-9-11-17(12-10-15)19-14-18(16-6-3-2-4-7-16)22-21-23-20(8-5-13-26)24-25(19)21/h2-4,6-7,9-12,14,19,26H,5,8,13H2,1H3,(H,22,23,24). The van der Waals surface area contributed by atoms with Gasteiger partial charge in [0.2, 0.25) is 5.95 Å². The quantitative estimate of drug-likeness (QED) is 0.741. The largest absolute Gasteiger partial charge is 0.396 e. The summed E-state index contributed by atoms with van der Waals surface area (Å²) in [6.07, 6.45) is 3.52. The Morgan fingerprint density at radius 3 is 2.58 bits per heavy atom. The number of rotatable bonds is 5. The first-order chi connectivity index (χ1) is 12.7. The predicted octanol–water partition coefficient (Wildman–Crippen LogP) is 3.57. The topological polar surface area (TPSA) is 63.0 Å². The number of allylic oxidation sites excluding steroid dienone is 1. The first-order valence-corrected chi connectivity index (χ1v) is 8.92. The molecule has 1 aromatic heterocycles. The number of hydrogen-bond donors (Lipinski definition) is 2. The summed E-state index contributed by atoms with van der Waals surface area (Å²) in [4.78, 5) is 4.65. The second kappa shape index (κ2) is 7.14. The van der Waals surface area contributed by atoms with E-state index in [1.165, 1.54) is 11.1 Å². The summed E-state index contributed by atoms with van der Waals surface area (Å²) in [7, 11) is 0. The smallest absolute Gasteiger partial charge is 0.226 e. The number of nitrogens with one attached hydrogen (secondary N) is 1. The normalized spacial score (nSPS) is 15.9. The molecule has 0 radical (unpaired) electrons. The van der Waals surface area contributed by atoms with E-state index < -0.39 is 0 Å². The predicted molar refractivity (Wildman–Crippen MR) is 103 cm³/mol. The molecule has 132 valence electrons. The third-order valence-corrected chi connectivity index (χ3v) is 4.57. The molecule has 1 aliphatic rings. The highest BCUT2D eigenvalue weighted by Crippen LogP contribution is 2.32. The number of aryl methyl sites for hydroxylation is 2. The fraction of sp³-hybridized carbons (Fsp3) is 0.238. The molecule has 0 fully saturated rings. The van der Waals surface area contributed by atoms with Gasteiger partial charge in [-0.2, -0.15) is 10.1 Å². The number of anilines is 1. The third-order valence-electron chi connectivity index (χ3n) is 4.57. The maximum atomic E-state index is 9.09. The highest BCUT2D eigenvalue weighted by Gasteiger charge is 2.25. The minimum Gasteiger partial charge on any atom is -0.396 e. The summed E-state index contributed by atoms with van der Waals surface area (Å²) in [6, 6.07) is 18.8. The first kappa shape index (κ1) is 16.5. The van der Waals surface area contributed by atoms with Gasteiger partial charge in [-0.25, -0.2) is 4.68 Å². The van der Waals surface area contributed by atoms with E-state index in [2.05, 4.69) is 64.8 Å². The van der Waals surface area contributed by atoms with Gasteiger partial charge in [0, 0.05) is 18.7 Å². The molecule has 0 saturated carbocycles. The first-order valence-electron chi connectivity index (χ1n) is 8.92. The second-order valence-electron chi connectivity index (χ2n) is 6.55. The minimum absolute atomic E-state index is 0.0163. The fourth-order valence-corrected chi connectivity index (χ4v) is 3.17. The van der Waals surface area contributed by atoms with Crippen LogP contribution in [-0.2, 0) is 6.42 Å². The van der Waals surface area contributed by atoms with Crippen LogP contribution in [0, 0.1) is 6.92 Å². The molecular formula is C21H22N4O. The number of aliphatic hydroxyl groups excluding tert-OH is 1. The van der Waals surface area contributed by atoms with Gasteiger partial charge in [0.05, 0.1) is 0 Å². The minimum atomic E-state index is -0.0163. The molecular weight excluding hydrogens is 324 g/mol. The van der Waals surface area contributed by atoms with E-state index in [0.29, 0.717) is 12.8 Å². The van der Waals surface area contributed by atoms with Crippen molar-refractivity contribution < 1.29 is 5.11 Å². The molecule has 5 heteroatoms. The molecule has 2 heterocycles. The Hall–Kier alpha value is -2.92. The molecule has 1 unspecified atom stereocenters. The van der Waals surface area contributed by atoms with Gasteiger partial charge < -0.3 is 10.4 Å². The molecule has 1 aliphatic heterocycles. The van der Waals surface area contributed by atoms with Crippen LogP contribution in [0.4, 0.5) is 5.95 Å². The molecule has 0 aliphatic carbocycles. The van der Waals surface area contributed by atoms with Crippen molar-refractivity contribution in [1.29, 1.82) is 0 Å². The van der Waals surface area contributed by atoms with Gasteiger partial charge in [-0.05, 0) is 30.5 Å². The van der Waals surface area contributed by atoms with E-state index in [4.69, 9.17) is 5.11 Å². The second-order valence-corrected chi connectivity index (χ2v) is 6.55. The van der Waals surface area contributed by atoms with E-state index in [0.717, 1.165) is 23.0 Å². The SMILES string of the molecule is Cc1ccc(C2C=C(c3ccccc3)Nc3nc(CCCO)nn32)cc1. The van der Waals surface area contributed by atoms with E-state index in [9.17, 15) is 0 Å². The van der Waals surface area contributed by atoms with Crippen LogP contribution in [0.1, 0.15) is 35.0 Å². The summed E-state index contributed by atoms with van der Waals surface area (Å²) in [5.41, 5.74) is 4.56. The Balaban J connectivity index is 1.76. The van der Waals surface area contributed by atoms with E-state index in [1.807, 2.05) is 22.9 Å². The molecule has 2 aromatic carbocycles. The third kappa shape index (κ3) is 3.26. The number of fused-ring (bicyclic) bond motifs is 1. The molecule has 0 spiro atoms. The van der Waals surface area contributed by atoms with Crippen LogP contribution >= 0.6 is 0 Å². The zero-order valence-corrected chi connectivity index (χ0v) is 14.8. The van der Waals surface area contributed by atoms with Crippen LogP contribution in [-0.4, -0.2) is 26.5 Å². The molecule has 3 aromatic rings. The van der Waals surface area contributed by atoms with Crippen molar-refractivity contribution in [2.24, 2.45) is 0 Å². The lowest BCUT2D eigenvalue weighted by Gasteiger charge is -2.24. The van der Waals surface area contributed by atoms with Crippen molar-refractivity contribution in [3.8, 4) is 0 Å². The van der Waals surface area contributed by atoms with Crippen LogP contribution in [0.5, 0.6) is 0 Å². The molecule has 0 bridgehead atoms. The summed E-state index contributed by atoms with van der Waals surface area (Å²) in [5.74, 6) is 1.49. The summed E-state index contributed by atoms with van der Waals surface area (Å²) in [5, 5.41) is 17.2. The van der Waals surface area contributed by atoms with Gasteiger partial charge in [0.15, 0.2) is 5.82 Å². The van der Waals surface area contributed by atoms with E-state index in [-0.39, 0.29) is 12.6 Å². The maximum Gasteiger partial charge on any atom is 0.226 e. The lowest BCUT2D eigenvalue weighted by molar-refractivity contribution is 0.287. The van der Waals surface area contributed by atoms with Gasteiger partial charge in [0.1, 0.15) is 6.04 Å². The molecule has 0 saturated heterocycles. The van der Waals surface area contributed by atoms with Gasteiger partial charge >= 0.3 is 0 Å². The molecule has 5 nitrogen and oxygen atoms in total. The fourth-order valence-electron chi connectivity index (χ4n) is 3.17. The number of aliphatic hydroxyl groups is 1. The van der Waals surface area contributed by atoms with Crippen LogP contribution in [0.2, 0.25) is 0 Å². The maximum absolute atomic E-state index is 9.09. The Kier molecular flexibility index (Phi) is 4.54. The summed E-state index contributed by atoms with van der Waals surface area (Å²) < 4.78 is 1.93. The molecule has 1 atom stereocenters. The Bertz CT molecular complexity index is 913. The van der Waals surface area contributed by atoms with Crippen LogP contribution in [0.25, 0.3) is 5.70 Å². The lowest BCUT2D eigenvalue weighted by Crippen LogP contribution is -2.20. The van der Waals surface area contributed by atoms with Crippen molar-refractivity contribution in [3.63, 3.8) is 0 Å². The number of aromatic nitrogens is 3. The Labute approximate surface area is 153 Å². The van der Waals surface area contributed by atoms with E-state index >= 15 is 0 Å². The highest BCUT2D eigenvalue weighted by atomic mass is 16.2. The van der Waals surface area contributed by atoms with Gasteiger partial charge in [-0.15, -0.1) is 0 Å². The summed E-state index contributed by atoms with van der Waals surface area (Å²) in [6.45, 7) is 2.23. The van der Waals surface area contributed by atoms with Crippen LogP contribution < -0.4 is 5.32 Å². The van der Waals surface area contributed by atoms with Crippen molar-refractivity contribution >= 4 is 11.6 Å². The molecule has 26 heavy (non-hydrogen) atoms. The Morgan fingerprint density at radius 2 is 1.85 bits per heavy atom. The van der Waals surface area contributed by atoms with Gasteiger partial charge in [0.25, 0.3) is 0 Å². The van der Waals surface area contributed by atoms with Crippen LogP contribution in [0.15, 0.2) is 60.7 Å². The Morgan fingerprint density at radius 1 is 1.08 bits per heavy atom. The highest BCUT2D eigenvalue weighted by molar-refractivity contribution is 5.77. The van der Waals surface area contributed by atoms with Crippen molar-refractivity contribution in [2.45, 2.75) is 25.8 Å². The average Bonchev–Trinajstić information content (AvgIpc) is 3.10. The van der Waals surface area contributed by atoms with Crippen molar-refractivity contribution in [3.05, 3.63) is 83.2 Å². The number of hydrogen-bond acceptors (Lipinski definition) is 4. The van der Waals surface area contributed by atoms with Gasteiger partial charge in [-0.3, -0.25) is 0 Å². The molecule has 0 amide bonds.